The van der Waals surface area contributed by atoms with Gasteiger partial charge in [-0.05, 0) is 104 Å². The summed E-state index contributed by atoms with van der Waals surface area (Å²) in [4.78, 5) is 48.8. The normalized spacial score (nSPS) is 13.1. The van der Waals surface area contributed by atoms with Gasteiger partial charge in [-0.3, -0.25) is 19.2 Å². The summed E-state index contributed by atoms with van der Waals surface area (Å²) in [5.41, 5.74) is 2.00. The summed E-state index contributed by atoms with van der Waals surface area (Å²) in [5.74, 6) is -2.98. The van der Waals surface area contributed by atoms with Gasteiger partial charge in [-0.15, -0.1) is 0 Å². The Labute approximate surface area is 312 Å². The third-order valence-corrected chi connectivity index (χ3v) is 9.39. The van der Waals surface area contributed by atoms with Gasteiger partial charge < -0.3 is 19.7 Å². The van der Waals surface area contributed by atoms with Gasteiger partial charge in [-0.1, -0.05) is 35.3 Å². The molecule has 0 radical (unpaired) electrons. The Balaban J connectivity index is 1.40. The number of benzene rings is 4. The first-order chi connectivity index (χ1) is 24.8. The van der Waals surface area contributed by atoms with Crippen molar-refractivity contribution in [1.29, 1.82) is 0 Å². The molecule has 2 unspecified atom stereocenters. The standard InChI is InChI=1S/C33H28Cl2N6O10S2/c1-18(42)30(32(44)36-22-5-9-24(10-6-22)52(46,47)48)40-38-28-13-3-20(16-26(28)34)15-21-4-14-29(27(35)17-21)39-41-31(19(2)43)33(45)37-23-7-11-25(12-8-23)53(49,50)51/h3-14,16-17,30-31H,15H2,1-2H3,(H,36,44)(H,37,45)(H,46,47,48)(H,49,50,51)/p-2. The molecular formula is C33H26Cl2N6O10S2-2. The molecule has 4 aromatic rings. The van der Waals surface area contributed by atoms with Crippen LogP contribution < -0.4 is 10.6 Å². The van der Waals surface area contributed by atoms with E-state index >= 15 is 0 Å². The van der Waals surface area contributed by atoms with Gasteiger partial charge in [0.25, 0.3) is 11.8 Å². The zero-order chi connectivity index (χ0) is 39.1. The minimum Gasteiger partial charge on any atom is -0.744 e. The average Bonchev–Trinajstić information content (AvgIpc) is 3.06. The Morgan fingerprint density at radius 3 is 1.23 bits per heavy atom. The summed E-state index contributed by atoms with van der Waals surface area (Å²) in [7, 11) is -9.36. The van der Waals surface area contributed by atoms with Gasteiger partial charge >= 0.3 is 0 Å². The molecular weight excluding hydrogens is 775 g/mol. The van der Waals surface area contributed by atoms with Gasteiger partial charge in [0.1, 0.15) is 31.6 Å². The number of hydrogen-bond donors (Lipinski definition) is 2. The zero-order valence-electron chi connectivity index (χ0n) is 27.4. The molecule has 0 heterocycles. The molecule has 20 heteroatoms. The molecule has 2 amide bonds. The lowest BCUT2D eigenvalue weighted by Gasteiger charge is -2.11. The Kier molecular flexibility index (Phi) is 13.0. The van der Waals surface area contributed by atoms with Crippen LogP contribution in [0.5, 0.6) is 0 Å². The molecule has 2 N–H and O–H groups in total. The van der Waals surface area contributed by atoms with E-state index in [4.69, 9.17) is 23.2 Å². The molecule has 0 bridgehead atoms. The number of Topliss-reactive ketones (excluding diaryl/α,β-unsaturated/α-hetero) is 2. The van der Waals surface area contributed by atoms with Crippen LogP contribution in [-0.4, -0.2) is 61.4 Å². The van der Waals surface area contributed by atoms with Crippen molar-refractivity contribution in [2.24, 2.45) is 20.5 Å². The SMILES string of the molecule is CC(=O)C(N=Nc1ccc(Cc2ccc(N=NC(C(C)=O)C(=O)Nc3ccc(S(=O)(=O)[O-])cc3)c(Cl)c2)cc1Cl)C(=O)Nc1ccc(S(=O)(=O)[O-])cc1. The zero-order valence-corrected chi connectivity index (χ0v) is 30.5. The van der Waals surface area contributed by atoms with E-state index in [1.54, 1.807) is 24.3 Å². The maximum atomic E-state index is 12.7. The van der Waals surface area contributed by atoms with E-state index in [9.17, 15) is 45.1 Å². The molecule has 0 aromatic heterocycles. The number of hydrogen-bond acceptors (Lipinski definition) is 14. The third-order valence-electron chi connectivity index (χ3n) is 7.08. The van der Waals surface area contributed by atoms with Crippen molar-refractivity contribution < 1.29 is 45.1 Å². The smallest absolute Gasteiger partial charge is 0.258 e. The highest BCUT2D eigenvalue weighted by molar-refractivity contribution is 7.86. The van der Waals surface area contributed by atoms with Crippen LogP contribution in [0, 0.1) is 0 Å². The monoisotopic (exact) mass is 800 g/mol. The van der Waals surface area contributed by atoms with Crippen LogP contribution in [0.3, 0.4) is 0 Å². The molecule has 53 heavy (non-hydrogen) atoms. The summed E-state index contributed by atoms with van der Waals surface area (Å²) in [6.07, 6.45) is 0.337. The van der Waals surface area contributed by atoms with Gasteiger partial charge in [0, 0.05) is 11.4 Å². The van der Waals surface area contributed by atoms with Crippen LogP contribution in [0.15, 0.2) is 115 Å². The van der Waals surface area contributed by atoms with Crippen LogP contribution in [0.4, 0.5) is 22.7 Å². The molecule has 0 aliphatic carbocycles. The van der Waals surface area contributed by atoms with Gasteiger partial charge in [-0.25, -0.2) is 16.8 Å². The third kappa shape index (κ3) is 11.4. The second-order valence-electron chi connectivity index (χ2n) is 11.1. The molecule has 4 rings (SSSR count). The predicted octanol–water partition coefficient (Wildman–Crippen LogP) is 5.75. The lowest BCUT2D eigenvalue weighted by Crippen LogP contribution is -2.31. The predicted molar refractivity (Wildman–Crippen MR) is 190 cm³/mol. The fraction of sp³-hybridized carbons (Fsp3) is 0.152. The van der Waals surface area contributed by atoms with Crippen molar-refractivity contribution in [3.63, 3.8) is 0 Å². The number of carbonyl (C=O) groups is 4. The molecule has 4 aromatic carbocycles. The number of azo groups is 2. The van der Waals surface area contributed by atoms with Crippen molar-refractivity contribution >= 4 is 89.6 Å². The number of amides is 2. The lowest BCUT2D eigenvalue weighted by molar-refractivity contribution is -0.127. The number of halogens is 2. The quantitative estimate of drug-likeness (QED) is 0.0886. The van der Waals surface area contributed by atoms with E-state index in [-0.39, 0.29) is 32.8 Å². The molecule has 16 nitrogen and oxygen atoms in total. The highest BCUT2D eigenvalue weighted by atomic mass is 35.5. The van der Waals surface area contributed by atoms with Gasteiger partial charge in [0.2, 0.25) is 12.1 Å². The number of carbonyl (C=O) groups excluding carboxylic acids is 4. The molecule has 0 saturated carbocycles. The van der Waals surface area contributed by atoms with E-state index in [1.807, 2.05) is 0 Å². The van der Waals surface area contributed by atoms with E-state index in [0.29, 0.717) is 6.42 Å². The van der Waals surface area contributed by atoms with E-state index in [0.717, 1.165) is 49.2 Å². The first kappa shape index (κ1) is 40.5. The number of nitrogens with one attached hydrogen (secondary N) is 2. The Morgan fingerprint density at radius 1 is 0.604 bits per heavy atom. The fourth-order valence-corrected chi connectivity index (χ4v) is 5.85. The number of rotatable bonds is 14. The summed E-state index contributed by atoms with van der Waals surface area (Å²) in [6, 6.07) is 15.3. The molecule has 2 atom stereocenters. The largest absolute Gasteiger partial charge is 0.744 e. The highest BCUT2D eigenvalue weighted by Gasteiger charge is 2.25. The first-order valence-corrected chi connectivity index (χ1v) is 18.5. The molecule has 0 spiro atoms. The Morgan fingerprint density at radius 2 is 0.943 bits per heavy atom. The van der Waals surface area contributed by atoms with Crippen molar-refractivity contribution in [1.82, 2.24) is 0 Å². The maximum absolute atomic E-state index is 12.7. The van der Waals surface area contributed by atoms with Crippen LogP contribution in [0.25, 0.3) is 0 Å². The first-order valence-electron chi connectivity index (χ1n) is 14.9. The Bertz CT molecular complexity index is 2190. The van der Waals surface area contributed by atoms with Crippen molar-refractivity contribution in [2.45, 2.75) is 42.1 Å². The summed E-state index contributed by atoms with van der Waals surface area (Å²) < 4.78 is 66.7. The summed E-state index contributed by atoms with van der Waals surface area (Å²) >= 11 is 12.8. The lowest BCUT2D eigenvalue weighted by atomic mass is 10.0. The number of ketones is 2. The minimum atomic E-state index is -4.68. The number of anilines is 2. The van der Waals surface area contributed by atoms with E-state index in [2.05, 4.69) is 31.1 Å². The van der Waals surface area contributed by atoms with E-state index in [1.165, 1.54) is 36.4 Å². The molecule has 0 aliphatic heterocycles. The van der Waals surface area contributed by atoms with Crippen LogP contribution in [0.1, 0.15) is 25.0 Å². The maximum Gasteiger partial charge on any atom is 0.258 e. The van der Waals surface area contributed by atoms with Gasteiger partial charge in [0.15, 0.2) is 11.6 Å². The van der Waals surface area contributed by atoms with Crippen LogP contribution >= 0.6 is 23.2 Å². The second kappa shape index (κ2) is 17.1. The second-order valence-corrected chi connectivity index (χ2v) is 14.7. The van der Waals surface area contributed by atoms with Crippen molar-refractivity contribution in [3.8, 4) is 0 Å². The molecule has 0 fully saturated rings. The highest BCUT2D eigenvalue weighted by Crippen LogP contribution is 2.31. The summed E-state index contributed by atoms with van der Waals surface area (Å²) in [5, 5.41) is 20.8. The molecule has 0 aliphatic rings. The van der Waals surface area contributed by atoms with Gasteiger partial charge in [0.05, 0.1) is 19.8 Å². The average molecular weight is 802 g/mol. The van der Waals surface area contributed by atoms with Crippen LogP contribution in [0.2, 0.25) is 10.0 Å². The fourth-order valence-electron chi connectivity index (χ4n) is 4.43. The van der Waals surface area contributed by atoms with Crippen molar-refractivity contribution in [3.05, 3.63) is 106 Å². The van der Waals surface area contributed by atoms with Crippen LogP contribution in [-0.2, 0) is 45.8 Å². The molecule has 0 saturated heterocycles. The Hall–Kier alpha value is -5.24. The number of nitrogens with zero attached hydrogens (tertiary/aromatic N) is 4. The topological polar surface area (TPSA) is 256 Å². The molecule has 276 valence electrons. The minimum absolute atomic E-state index is 0.121. The summed E-state index contributed by atoms with van der Waals surface area (Å²) in [6.45, 7) is 2.27. The van der Waals surface area contributed by atoms with Crippen molar-refractivity contribution in [2.75, 3.05) is 10.6 Å². The van der Waals surface area contributed by atoms with E-state index < -0.39 is 65.5 Å². The van der Waals surface area contributed by atoms with Gasteiger partial charge in [-0.2, -0.15) is 20.5 Å².